The lowest BCUT2D eigenvalue weighted by atomic mass is 10.1. The van der Waals surface area contributed by atoms with Gasteiger partial charge >= 0.3 is 0 Å². The second kappa shape index (κ2) is 7.45. The zero-order valence-electron chi connectivity index (χ0n) is 14.0. The minimum Gasteiger partial charge on any atom is -0.342 e. The molecule has 1 aromatic carbocycles. The molecule has 2 aliphatic rings. The highest BCUT2D eigenvalue weighted by Crippen LogP contribution is 2.39. The molecule has 8 heteroatoms. The lowest BCUT2D eigenvalue weighted by Crippen LogP contribution is -2.37. The van der Waals surface area contributed by atoms with Gasteiger partial charge in [-0.2, -0.15) is 4.99 Å². The van der Waals surface area contributed by atoms with Crippen LogP contribution in [0.15, 0.2) is 29.3 Å². The van der Waals surface area contributed by atoms with Gasteiger partial charge in [0.1, 0.15) is 5.82 Å². The first kappa shape index (κ1) is 18.4. The smallest absolute Gasteiger partial charge is 0.248 e. The summed E-state index contributed by atoms with van der Waals surface area (Å²) in [4.78, 5) is 18.2. The molecule has 2 heterocycles. The maximum atomic E-state index is 13.1. The van der Waals surface area contributed by atoms with Crippen LogP contribution in [0.3, 0.4) is 0 Å². The normalized spacial score (nSPS) is 26.2. The average Bonchev–Trinajstić information content (AvgIpc) is 3.00. The number of amides is 1. The first-order valence-electron chi connectivity index (χ1n) is 8.37. The molecule has 3 rings (SSSR count). The van der Waals surface area contributed by atoms with Gasteiger partial charge in [0.15, 0.2) is 15.0 Å². The van der Waals surface area contributed by atoms with Crippen molar-refractivity contribution < 1.29 is 17.6 Å². The molecule has 136 valence electrons. The minimum atomic E-state index is -3.07. The Labute approximate surface area is 151 Å². The second-order valence-corrected chi connectivity index (χ2v) is 9.81. The van der Waals surface area contributed by atoms with Crippen LogP contribution in [0.25, 0.3) is 0 Å². The van der Waals surface area contributed by atoms with Crippen molar-refractivity contribution in [3.05, 3.63) is 35.6 Å². The molecular weight excluding hydrogens is 363 g/mol. The van der Waals surface area contributed by atoms with Crippen LogP contribution in [0.2, 0.25) is 0 Å². The molecule has 0 radical (unpaired) electrons. The van der Waals surface area contributed by atoms with Gasteiger partial charge in [-0.05, 0) is 24.1 Å². The highest BCUT2D eigenvalue weighted by atomic mass is 32.2. The summed E-state index contributed by atoms with van der Waals surface area (Å²) in [5.74, 6) is -0.292. The van der Waals surface area contributed by atoms with Gasteiger partial charge in [0.2, 0.25) is 5.91 Å². The number of amidine groups is 1. The lowest BCUT2D eigenvalue weighted by molar-refractivity contribution is -0.117. The van der Waals surface area contributed by atoms with Crippen molar-refractivity contribution in [1.29, 1.82) is 0 Å². The maximum Gasteiger partial charge on any atom is 0.248 e. The molecule has 0 bridgehead atoms. The Hall–Kier alpha value is -1.41. The number of sulfone groups is 1. The Balaban J connectivity index is 1.83. The Kier molecular flexibility index (Phi) is 5.48. The predicted molar refractivity (Wildman–Crippen MR) is 97.7 cm³/mol. The van der Waals surface area contributed by atoms with Crippen LogP contribution in [-0.2, 0) is 21.2 Å². The molecule has 2 aliphatic heterocycles. The predicted octanol–water partition coefficient (Wildman–Crippen LogP) is 2.61. The van der Waals surface area contributed by atoms with Gasteiger partial charge in [-0.3, -0.25) is 4.79 Å². The summed E-state index contributed by atoms with van der Waals surface area (Å²) in [5, 5.41) is 0.499. The number of carbonyl (C=O) groups is 1. The average molecular weight is 384 g/mol. The number of benzene rings is 1. The Morgan fingerprint density at radius 3 is 2.72 bits per heavy atom. The number of hydrogen-bond acceptors (Lipinski definition) is 4. The first-order chi connectivity index (χ1) is 11.9. The van der Waals surface area contributed by atoms with Crippen molar-refractivity contribution >= 4 is 32.7 Å². The molecular formula is C17H21FN2O3S2. The number of halogens is 1. The van der Waals surface area contributed by atoms with E-state index in [1.54, 1.807) is 12.1 Å². The number of rotatable bonds is 5. The first-order valence-corrected chi connectivity index (χ1v) is 11.1. The third kappa shape index (κ3) is 4.41. The van der Waals surface area contributed by atoms with Gasteiger partial charge in [-0.15, -0.1) is 0 Å². The van der Waals surface area contributed by atoms with Crippen LogP contribution in [-0.4, -0.2) is 47.2 Å². The Morgan fingerprint density at radius 2 is 2.04 bits per heavy atom. The van der Waals surface area contributed by atoms with Gasteiger partial charge in [0, 0.05) is 18.2 Å². The minimum absolute atomic E-state index is 0.0774. The van der Waals surface area contributed by atoms with Gasteiger partial charge in [-0.25, -0.2) is 12.8 Å². The SMILES string of the molecule is CCCCC(=O)N=C1S[C@H]2CS(=O)(=O)C[C@H]2N1Cc1ccc(F)cc1. The van der Waals surface area contributed by atoms with E-state index in [1.807, 2.05) is 11.8 Å². The summed E-state index contributed by atoms with van der Waals surface area (Å²) in [5.41, 5.74) is 0.862. The molecule has 2 saturated heterocycles. The third-order valence-electron chi connectivity index (χ3n) is 4.41. The van der Waals surface area contributed by atoms with Crippen molar-refractivity contribution in [2.75, 3.05) is 11.5 Å². The molecule has 1 amide bonds. The molecule has 25 heavy (non-hydrogen) atoms. The number of aliphatic imine (C=N–C) groups is 1. The number of fused-ring (bicyclic) bond motifs is 1. The van der Waals surface area contributed by atoms with E-state index < -0.39 is 9.84 Å². The van der Waals surface area contributed by atoms with Crippen LogP contribution in [0.5, 0.6) is 0 Å². The van der Waals surface area contributed by atoms with E-state index in [-0.39, 0.29) is 34.5 Å². The summed E-state index contributed by atoms with van der Waals surface area (Å²) in [6, 6.07) is 5.92. The monoisotopic (exact) mass is 384 g/mol. The summed E-state index contributed by atoms with van der Waals surface area (Å²) < 4.78 is 37.0. The summed E-state index contributed by atoms with van der Waals surface area (Å²) in [7, 11) is -3.07. The molecule has 0 saturated carbocycles. The maximum absolute atomic E-state index is 13.1. The summed E-state index contributed by atoms with van der Waals surface area (Å²) in [6.45, 7) is 2.44. The topological polar surface area (TPSA) is 66.8 Å². The summed E-state index contributed by atoms with van der Waals surface area (Å²) >= 11 is 1.38. The van der Waals surface area contributed by atoms with E-state index in [2.05, 4.69) is 4.99 Å². The van der Waals surface area contributed by atoms with Crippen molar-refractivity contribution in [2.45, 2.75) is 44.0 Å². The van der Waals surface area contributed by atoms with Gasteiger partial charge in [0.05, 0.1) is 17.5 Å². The van der Waals surface area contributed by atoms with E-state index >= 15 is 0 Å². The zero-order valence-corrected chi connectivity index (χ0v) is 15.7. The second-order valence-electron chi connectivity index (χ2n) is 6.45. The quantitative estimate of drug-likeness (QED) is 0.781. The van der Waals surface area contributed by atoms with Crippen molar-refractivity contribution in [3.8, 4) is 0 Å². The van der Waals surface area contributed by atoms with E-state index in [0.29, 0.717) is 18.1 Å². The van der Waals surface area contributed by atoms with Crippen LogP contribution in [0.1, 0.15) is 31.7 Å². The molecule has 5 nitrogen and oxygen atoms in total. The number of unbranched alkanes of at least 4 members (excludes halogenated alkanes) is 1. The number of nitrogens with zero attached hydrogens (tertiary/aromatic N) is 2. The molecule has 0 unspecified atom stereocenters. The lowest BCUT2D eigenvalue weighted by Gasteiger charge is -2.24. The third-order valence-corrected chi connectivity index (χ3v) is 7.65. The number of carbonyl (C=O) groups excluding carboxylic acids is 1. The highest BCUT2D eigenvalue weighted by Gasteiger charge is 2.48. The van der Waals surface area contributed by atoms with E-state index in [9.17, 15) is 17.6 Å². The number of hydrogen-bond donors (Lipinski definition) is 0. The molecule has 0 aliphatic carbocycles. The molecule has 2 atom stereocenters. The fourth-order valence-corrected chi connectivity index (χ4v) is 7.07. The van der Waals surface area contributed by atoms with Gasteiger partial charge in [0.25, 0.3) is 0 Å². The van der Waals surface area contributed by atoms with Crippen molar-refractivity contribution in [1.82, 2.24) is 4.90 Å². The fraction of sp³-hybridized carbons (Fsp3) is 0.529. The van der Waals surface area contributed by atoms with Crippen LogP contribution in [0.4, 0.5) is 4.39 Å². The van der Waals surface area contributed by atoms with Crippen LogP contribution in [0, 0.1) is 5.82 Å². The Morgan fingerprint density at radius 1 is 1.32 bits per heavy atom. The highest BCUT2D eigenvalue weighted by molar-refractivity contribution is 8.15. The zero-order chi connectivity index (χ0) is 18.0. The van der Waals surface area contributed by atoms with E-state index in [1.165, 1.54) is 23.9 Å². The van der Waals surface area contributed by atoms with Gasteiger partial charge < -0.3 is 4.90 Å². The van der Waals surface area contributed by atoms with Crippen LogP contribution >= 0.6 is 11.8 Å². The van der Waals surface area contributed by atoms with E-state index in [4.69, 9.17) is 0 Å². The standard InChI is InChI=1S/C17H21FN2O3S2/c1-2-3-4-16(21)19-17-20(9-12-5-7-13(18)8-6-12)14-10-25(22,23)11-15(14)24-17/h5-8,14-15H,2-4,9-11H2,1H3/t14-,15+/m1/s1. The fourth-order valence-electron chi connectivity index (χ4n) is 3.10. The van der Waals surface area contributed by atoms with Crippen molar-refractivity contribution in [2.24, 2.45) is 4.99 Å². The molecule has 1 aromatic rings. The number of thioether (sulfide) groups is 1. The molecule has 0 N–H and O–H groups in total. The van der Waals surface area contributed by atoms with Gasteiger partial charge in [-0.1, -0.05) is 37.2 Å². The van der Waals surface area contributed by atoms with Crippen molar-refractivity contribution in [3.63, 3.8) is 0 Å². The van der Waals surface area contributed by atoms with E-state index in [0.717, 1.165) is 18.4 Å². The Bertz CT molecular complexity index is 778. The van der Waals surface area contributed by atoms with Crippen LogP contribution < -0.4 is 0 Å². The molecule has 0 aromatic heterocycles. The molecule has 0 spiro atoms. The molecule has 2 fully saturated rings. The summed E-state index contributed by atoms with van der Waals surface area (Å²) in [6.07, 6.45) is 2.12. The largest absolute Gasteiger partial charge is 0.342 e.